The van der Waals surface area contributed by atoms with Crippen molar-refractivity contribution in [3.63, 3.8) is 0 Å². The molecule has 2 aromatic heterocycles. The number of anilines is 1. The molecule has 1 amide bonds. The van der Waals surface area contributed by atoms with Gasteiger partial charge in [0, 0.05) is 5.56 Å². The van der Waals surface area contributed by atoms with Crippen LogP contribution in [0.3, 0.4) is 0 Å². The van der Waals surface area contributed by atoms with E-state index in [1.54, 1.807) is 41.8 Å². The first-order chi connectivity index (χ1) is 16.5. The third kappa shape index (κ3) is 3.66. The van der Waals surface area contributed by atoms with Crippen molar-refractivity contribution in [1.29, 1.82) is 0 Å². The molecule has 2 atom stereocenters. The quantitative estimate of drug-likeness (QED) is 0.207. The smallest absolute Gasteiger partial charge is 0.297 e. The summed E-state index contributed by atoms with van der Waals surface area (Å²) in [5.41, 5.74) is 1.25. The van der Waals surface area contributed by atoms with Gasteiger partial charge < -0.3 is 9.47 Å². The summed E-state index contributed by atoms with van der Waals surface area (Å²) in [4.78, 5) is 46.5. The minimum Gasteiger partial charge on any atom is -0.496 e. The van der Waals surface area contributed by atoms with Crippen LogP contribution in [0.4, 0.5) is 5.13 Å². The van der Waals surface area contributed by atoms with E-state index in [2.05, 4.69) is 4.98 Å². The maximum Gasteiger partial charge on any atom is 0.297 e. The normalized spacial score (nSPS) is 18.0. The van der Waals surface area contributed by atoms with E-state index in [1.807, 2.05) is 25.1 Å². The molecule has 0 N–H and O–H groups in total. The highest BCUT2D eigenvalue weighted by Crippen LogP contribution is 2.46. The molecular formula is C25H20N2O5S2. The molecule has 172 valence electrons. The molecule has 9 heteroatoms. The number of carbonyl (C=O) groups excluding carboxylic acids is 3. The Balaban J connectivity index is 1.67. The third-order valence-corrected chi connectivity index (χ3v) is 7.58. The molecule has 3 heterocycles. The van der Waals surface area contributed by atoms with Crippen molar-refractivity contribution in [2.45, 2.75) is 13.0 Å². The van der Waals surface area contributed by atoms with Crippen LogP contribution in [0, 0.1) is 5.92 Å². The number of thiazole rings is 1. The Kier molecular flexibility index (Phi) is 5.89. The first-order valence-electron chi connectivity index (χ1n) is 10.6. The van der Waals surface area contributed by atoms with Crippen molar-refractivity contribution in [3.8, 4) is 11.5 Å². The van der Waals surface area contributed by atoms with Crippen LogP contribution >= 0.6 is 22.7 Å². The highest BCUT2D eigenvalue weighted by molar-refractivity contribution is 7.22. The Labute approximate surface area is 203 Å². The third-order valence-electron chi connectivity index (χ3n) is 5.68. The van der Waals surface area contributed by atoms with Crippen molar-refractivity contribution in [2.75, 3.05) is 18.6 Å². The lowest BCUT2D eigenvalue weighted by Gasteiger charge is -2.26. The predicted molar refractivity (Wildman–Crippen MR) is 131 cm³/mol. The summed E-state index contributed by atoms with van der Waals surface area (Å²) in [6.45, 7) is 2.43. The number of hydrogen-bond donors (Lipinski definition) is 0. The van der Waals surface area contributed by atoms with Gasteiger partial charge in [-0.3, -0.25) is 19.3 Å². The number of benzene rings is 2. The predicted octanol–water partition coefficient (Wildman–Crippen LogP) is 4.92. The van der Waals surface area contributed by atoms with Crippen LogP contribution in [0.25, 0.3) is 10.2 Å². The number of nitrogens with zero attached hydrogens (tertiary/aromatic N) is 2. The van der Waals surface area contributed by atoms with E-state index >= 15 is 0 Å². The van der Waals surface area contributed by atoms with E-state index in [4.69, 9.17) is 9.47 Å². The molecule has 1 saturated heterocycles. The second kappa shape index (κ2) is 9.00. The van der Waals surface area contributed by atoms with Crippen LogP contribution in [0.1, 0.15) is 28.2 Å². The van der Waals surface area contributed by atoms with Gasteiger partial charge >= 0.3 is 0 Å². The van der Waals surface area contributed by atoms with Gasteiger partial charge in [-0.2, -0.15) is 0 Å². The first-order valence-corrected chi connectivity index (χ1v) is 12.3. The molecule has 2 aromatic carbocycles. The summed E-state index contributed by atoms with van der Waals surface area (Å²) < 4.78 is 11.9. The number of methoxy groups -OCH3 is 1. The molecule has 0 spiro atoms. The second-order valence-corrected chi connectivity index (χ2v) is 9.56. The zero-order valence-corrected chi connectivity index (χ0v) is 20.0. The summed E-state index contributed by atoms with van der Waals surface area (Å²) in [5, 5.41) is 2.12. The van der Waals surface area contributed by atoms with Gasteiger partial charge in [0.05, 0.1) is 34.9 Å². The van der Waals surface area contributed by atoms with Gasteiger partial charge in [-0.25, -0.2) is 4.98 Å². The largest absolute Gasteiger partial charge is 0.496 e. The zero-order chi connectivity index (χ0) is 23.8. The fourth-order valence-electron chi connectivity index (χ4n) is 4.19. The molecule has 0 bridgehead atoms. The van der Waals surface area contributed by atoms with Crippen LogP contribution < -0.4 is 14.4 Å². The van der Waals surface area contributed by atoms with Crippen LogP contribution in [-0.2, 0) is 9.59 Å². The van der Waals surface area contributed by atoms with E-state index in [9.17, 15) is 14.4 Å². The highest BCUT2D eigenvalue weighted by Gasteiger charge is 2.54. The number of ketones is 2. The minimum atomic E-state index is -1.20. The number of carbonyl (C=O) groups is 3. The summed E-state index contributed by atoms with van der Waals surface area (Å²) in [7, 11) is 1.52. The second-order valence-electron chi connectivity index (χ2n) is 7.60. The number of para-hydroxylation sites is 1. The summed E-state index contributed by atoms with van der Waals surface area (Å²) >= 11 is 2.52. The molecule has 7 nitrogen and oxygen atoms in total. The van der Waals surface area contributed by atoms with Crippen LogP contribution in [0.5, 0.6) is 11.5 Å². The van der Waals surface area contributed by atoms with E-state index in [0.717, 1.165) is 4.70 Å². The van der Waals surface area contributed by atoms with Gasteiger partial charge in [0.2, 0.25) is 5.78 Å². The zero-order valence-electron chi connectivity index (χ0n) is 18.4. The minimum absolute atomic E-state index is 0.347. The van der Waals surface area contributed by atoms with Crippen molar-refractivity contribution in [1.82, 2.24) is 4.98 Å². The van der Waals surface area contributed by atoms with Gasteiger partial charge in [0.25, 0.3) is 5.91 Å². The number of amides is 1. The molecule has 1 aliphatic heterocycles. The van der Waals surface area contributed by atoms with E-state index in [0.29, 0.717) is 39.2 Å². The Morgan fingerprint density at radius 2 is 1.94 bits per heavy atom. The Morgan fingerprint density at radius 1 is 1.12 bits per heavy atom. The SMILES string of the molecule is CCOc1ccc2nc(N3C(=O)C(=O)C(C(=O)c4cccs4)C3c3ccccc3OC)sc2c1. The van der Waals surface area contributed by atoms with Gasteiger partial charge in [-0.15, -0.1) is 11.3 Å². The lowest BCUT2D eigenvalue weighted by molar-refractivity contribution is -0.135. The lowest BCUT2D eigenvalue weighted by Crippen LogP contribution is -2.30. The van der Waals surface area contributed by atoms with Crippen molar-refractivity contribution in [2.24, 2.45) is 5.92 Å². The maximum absolute atomic E-state index is 13.4. The van der Waals surface area contributed by atoms with E-state index in [-0.39, 0.29) is 5.78 Å². The van der Waals surface area contributed by atoms with Crippen molar-refractivity contribution in [3.05, 3.63) is 70.4 Å². The van der Waals surface area contributed by atoms with Crippen molar-refractivity contribution < 1.29 is 23.9 Å². The average Bonchev–Trinajstić information content (AvgIpc) is 3.58. The average molecular weight is 493 g/mol. The van der Waals surface area contributed by atoms with Crippen LogP contribution in [0.2, 0.25) is 0 Å². The standard InChI is InChI=1S/C25H20N2O5S2/c1-3-32-14-10-11-16-19(13-14)34-25(26-16)27-21(15-7-4-5-8-17(15)31-2)20(23(29)24(27)30)22(28)18-9-6-12-33-18/h4-13,20-21H,3H2,1-2H3. The lowest BCUT2D eigenvalue weighted by atomic mass is 9.88. The number of aromatic nitrogens is 1. The monoisotopic (exact) mass is 492 g/mol. The van der Waals surface area contributed by atoms with Gasteiger partial charge in [-0.05, 0) is 42.6 Å². The van der Waals surface area contributed by atoms with Crippen LogP contribution in [0.15, 0.2) is 60.0 Å². The Hall–Kier alpha value is -3.56. The fourth-order valence-corrected chi connectivity index (χ4v) is 5.93. The Morgan fingerprint density at radius 3 is 2.68 bits per heavy atom. The molecular weight excluding hydrogens is 472 g/mol. The molecule has 1 aliphatic rings. The molecule has 34 heavy (non-hydrogen) atoms. The summed E-state index contributed by atoms with van der Waals surface area (Å²) in [6, 6.07) is 15.1. The van der Waals surface area contributed by atoms with Gasteiger partial charge in [0.1, 0.15) is 17.4 Å². The van der Waals surface area contributed by atoms with E-state index in [1.165, 1.54) is 34.7 Å². The fraction of sp³-hybridized carbons (Fsp3) is 0.200. The molecule has 1 fully saturated rings. The van der Waals surface area contributed by atoms with Gasteiger partial charge in [-0.1, -0.05) is 35.6 Å². The number of thiophene rings is 1. The Bertz CT molecular complexity index is 1400. The molecule has 4 aromatic rings. The van der Waals surface area contributed by atoms with Crippen molar-refractivity contribution >= 4 is 55.5 Å². The topological polar surface area (TPSA) is 85.8 Å². The number of Topliss-reactive ketones (excluding diaryl/α,β-unsaturated/α-hetero) is 2. The summed E-state index contributed by atoms with van der Waals surface area (Å²) in [6.07, 6.45) is 0. The maximum atomic E-state index is 13.4. The summed E-state index contributed by atoms with van der Waals surface area (Å²) in [5.74, 6) is -1.90. The number of fused-ring (bicyclic) bond motifs is 1. The number of rotatable bonds is 7. The molecule has 0 saturated carbocycles. The van der Waals surface area contributed by atoms with Crippen LogP contribution in [-0.4, -0.2) is 36.2 Å². The number of hydrogen-bond acceptors (Lipinski definition) is 8. The number of ether oxygens (including phenoxy) is 2. The highest BCUT2D eigenvalue weighted by atomic mass is 32.1. The van der Waals surface area contributed by atoms with Gasteiger partial charge in [0.15, 0.2) is 10.9 Å². The molecule has 5 rings (SSSR count). The molecule has 0 radical (unpaired) electrons. The molecule has 0 aliphatic carbocycles. The molecule has 2 unspecified atom stereocenters. The first kappa shape index (κ1) is 22.2. The van der Waals surface area contributed by atoms with E-state index < -0.39 is 23.7 Å².